The first-order chi connectivity index (χ1) is 12.0. The van der Waals surface area contributed by atoms with E-state index < -0.39 is 12.3 Å². The van der Waals surface area contributed by atoms with Crippen LogP contribution in [0.15, 0.2) is 47.5 Å². The Kier molecular flexibility index (Phi) is 4.42. The number of amides is 1. The smallest absolute Gasteiger partial charge is 0.267 e. The number of halogens is 2. The van der Waals surface area contributed by atoms with Crippen molar-refractivity contribution in [3.8, 4) is 5.75 Å². The number of benzene rings is 2. The van der Waals surface area contributed by atoms with Gasteiger partial charge in [0.15, 0.2) is 0 Å². The standard InChI is InChI=1S/C17H13F2N3O3/c1-25-13-6-5-9(7-11(13)15(18)19)16(23)22-12-4-2-3-10-14(12)20-8-21-17(10)24/h2-8,15H,1H3,(H,22,23)(H,20,21,24). The first kappa shape index (κ1) is 16.6. The topological polar surface area (TPSA) is 84.1 Å². The highest BCUT2D eigenvalue weighted by Crippen LogP contribution is 2.30. The number of aromatic nitrogens is 2. The Morgan fingerprint density at radius 1 is 1.28 bits per heavy atom. The lowest BCUT2D eigenvalue weighted by molar-refractivity contribution is 0.102. The number of hydrogen-bond donors (Lipinski definition) is 2. The van der Waals surface area contributed by atoms with Crippen LogP contribution in [0.1, 0.15) is 22.3 Å². The first-order valence-electron chi connectivity index (χ1n) is 7.25. The summed E-state index contributed by atoms with van der Waals surface area (Å²) in [5, 5.41) is 2.90. The second-order valence-corrected chi connectivity index (χ2v) is 5.14. The summed E-state index contributed by atoms with van der Waals surface area (Å²) >= 11 is 0. The molecule has 0 aliphatic rings. The average molecular weight is 345 g/mol. The van der Waals surface area contributed by atoms with Crippen LogP contribution in [0.5, 0.6) is 5.75 Å². The van der Waals surface area contributed by atoms with Gasteiger partial charge in [-0.15, -0.1) is 0 Å². The van der Waals surface area contributed by atoms with Gasteiger partial charge in [0.05, 0.1) is 30.1 Å². The first-order valence-corrected chi connectivity index (χ1v) is 7.25. The number of nitrogens with zero attached hydrogens (tertiary/aromatic N) is 1. The molecule has 0 saturated heterocycles. The molecule has 6 nitrogen and oxygen atoms in total. The number of rotatable bonds is 4. The molecule has 0 saturated carbocycles. The summed E-state index contributed by atoms with van der Waals surface area (Å²) in [5.74, 6) is -0.593. The van der Waals surface area contributed by atoms with Crippen molar-refractivity contribution in [1.82, 2.24) is 9.97 Å². The van der Waals surface area contributed by atoms with Crippen LogP contribution in [0.25, 0.3) is 10.9 Å². The molecule has 128 valence electrons. The maximum absolute atomic E-state index is 13.1. The summed E-state index contributed by atoms with van der Waals surface area (Å²) in [6, 6.07) is 8.49. The van der Waals surface area contributed by atoms with Gasteiger partial charge in [0.25, 0.3) is 17.9 Å². The summed E-state index contributed by atoms with van der Waals surface area (Å²) in [7, 11) is 1.28. The third-order valence-corrected chi connectivity index (χ3v) is 3.65. The molecule has 1 heterocycles. The van der Waals surface area contributed by atoms with E-state index >= 15 is 0 Å². The Hall–Kier alpha value is -3.29. The summed E-state index contributed by atoms with van der Waals surface area (Å²) in [4.78, 5) is 30.7. The van der Waals surface area contributed by atoms with Crippen LogP contribution < -0.4 is 15.6 Å². The van der Waals surface area contributed by atoms with Gasteiger partial charge in [-0.05, 0) is 30.3 Å². The molecular weight excluding hydrogens is 332 g/mol. The minimum Gasteiger partial charge on any atom is -0.496 e. The van der Waals surface area contributed by atoms with Crippen molar-refractivity contribution in [2.75, 3.05) is 12.4 Å². The van der Waals surface area contributed by atoms with E-state index in [0.29, 0.717) is 16.6 Å². The lowest BCUT2D eigenvalue weighted by Crippen LogP contribution is -2.14. The molecule has 2 aromatic carbocycles. The maximum atomic E-state index is 13.1. The Morgan fingerprint density at radius 2 is 2.08 bits per heavy atom. The van der Waals surface area contributed by atoms with Crippen LogP contribution in [0.3, 0.4) is 0 Å². The molecule has 0 spiro atoms. The van der Waals surface area contributed by atoms with E-state index in [2.05, 4.69) is 15.3 Å². The van der Waals surface area contributed by atoms with E-state index in [4.69, 9.17) is 4.74 Å². The van der Waals surface area contributed by atoms with E-state index in [0.717, 1.165) is 6.07 Å². The molecule has 0 aliphatic carbocycles. The summed E-state index contributed by atoms with van der Waals surface area (Å²) in [5.41, 5.74) is -0.0590. The van der Waals surface area contributed by atoms with Crippen LogP contribution in [0.4, 0.5) is 14.5 Å². The van der Waals surface area contributed by atoms with Crippen LogP contribution in [0, 0.1) is 0 Å². The SMILES string of the molecule is COc1ccc(C(=O)Nc2cccc3c(=O)[nH]cnc23)cc1C(F)F. The highest BCUT2D eigenvalue weighted by molar-refractivity contribution is 6.08. The van der Waals surface area contributed by atoms with Gasteiger partial charge in [-0.25, -0.2) is 13.8 Å². The quantitative estimate of drug-likeness (QED) is 0.761. The number of para-hydroxylation sites is 1. The van der Waals surface area contributed by atoms with Crippen molar-refractivity contribution < 1.29 is 18.3 Å². The summed E-state index contributed by atoms with van der Waals surface area (Å²) in [6.07, 6.45) is -1.55. The molecule has 1 aromatic heterocycles. The van der Waals surface area contributed by atoms with Crippen molar-refractivity contribution >= 4 is 22.5 Å². The highest BCUT2D eigenvalue weighted by Gasteiger charge is 2.18. The van der Waals surface area contributed by atoms with Crippen molar-refractivity contribution in [3.05, 3.63) is 64.2 Å². The molecule has 0 atom stereocenters. The van der Waals surface area contributed by atoms with Gasteiger partial charge >= 0.3 is 0 Å². The number of ether oxygens (including phenoxy) is 1. The fraction of sp³-hybridized carbons (Fsp3) is 0.118. The predicted molar refractivity (Wildman–Crippen MR) is 88.3 cm³/mol. The van der Waals surface area contributed by atoms with E-state index in [1.54, 1.807) is 18.2 Å². The Balaban J connectivity index is 1.97. The normalized spacial score (nSPS) is 10.9. The fourth-order valence-electron chi connectivity index (χ4n) is 2.44. The second-order valence-electron chi connectivity index (χ2n) is 5.14. The van der Waals surface area contributed by atoms with Gasteiger partial charge in [0.1, 0.15) is 11.3 Å². The number of aromatic amines is 1. The zero-order valence-corrected chi connectivity index (χ0v) is 13.0. The van der Waals surface area contributed by atoms with Crippen molar-refractivity contribution in [2.45, 2.75) is 6.43 Å². The van der Waals surface area contributed by atoms with Crippen molar-refractivity contribution in [2.24, 2.45) is 0 Å². The molecule has 0 unspecified atom stereocenters. The van der Waals surface area contributed by atoms with E-state index in [1.165, 1.54) is 25.6 Å². The molecule has 0 radical (unpaired) electrons. The van der Waals surface area contributed by atoms with Gasteiger partial charge in [0.2, 0.25) is 0 Å². The van der Waals surface area contributed by atoms with Crippen molar-refractivity contribution in [3.63, 3.8) is 0 Å². The number of carbonyl (C=O) groups is 1. The average Bonchev–Trinajstić information content (AvgIpc) is 2.62. The molecule has 25 heavy (non-hydrogen) atoms. The number of alkyl halides is 2. The Bertz CT molecular complexity index is 1000. The van der Waals surface area contributed by atoms with Gasteiger partial charge < -0.3 is 15.0 Å². The molecule has 0 bridgehead atoms. The molecular formula is C17H13F2N3O3. The molecule has 3 aromatic rings. The van der Waals surface area contributed by atoms with E-state index in [1.807, 2.05) is 0 Å². The van der Waals surface area contributed by atoms with Gasteiger partial charge in [0, 0.05) is 5.56 Å². The fourth-order valence-corrected chi connectivity index (χ4v) is 2.44. The van der Waals surface area contributed by atoms with Gasteiger partial charge in [-0.2, -0.15) is 0 Å². The van der Waals surface area contributed by atoms with Crippen LogP contribution in [-0.2, 0) is 0 Å². The second kappa shape index (κ2) is 6.68. The number of H-pyrrole nitrogens is 1. The molecule has 2 N–H and O–H groups in total. The predicted octanol–water partition coefficient (Wildman–Crippen LogP) is 3.12. The number of carbonyl (C=O) groups excluding carboxylic acids is 1. The molecule has 0 fully saturated rings. The van der Waals surface area contributed by atoms with Crippen molar-refractivity contribution in [1.29, 1.82) is 0 Å². The summed E-state index contributed by atoms with van der Waals surface area (Å²) < 4.78 is 31.0. The molecule has 1 amide bonds. The summed E-state index contributed by atoms with van der Waals surface area (Å²) in [6.45, 7) is 0. The monoisotopic (exact) mass is 345 g/mol. The minimum atomic E-state index is -2.78. The van der Waals surface area contributed by atoms with Crippen LogP contribution in [-0.4, -0.2) is 23.0 Å². The third kappa shape index (κ3) is 3.18. The Morgan fingerprint density at radius 3 is 2.80 bits per heavy atom. The molecule has 0 aliphatic heterocycles. The maximum Gasteiger partial charge on any atom is 0.267 e. The lowest BCUT2D eigenvalue weighted by atomic mass is 10.1. The zero-order valence-electron chi connectivity index (χ0n) is 13.0. The largest absolute Gasteiger partial charge is 0.496 e. The van der Waals surface area contributed by atoms with E-state index in [-0.39, 0.29) is 22.4 Å². The number of hydrogen-bond acceptors (Lipinski definition) is 4. The molecule has 3 rings (SSSR count). The number of anilines is 1. The highest BCUT2D eigenvalue weighted by atomic mass is 19.3. The number of methoxy groups -OCH3 is 1. The van der Waals surface area contributed by atoms with Crippen LogP contribution in [0.2, 0.25) is 0 Å². The Labute approximate surface area is 140 Å². The third-order valence-electron chi connectivity index (χ3n) is 3.65. The number of fused-ring (bicyclic) bond motifs is 1. The minimum absolute atomic E-state index is 0.00455. The molecule has 8 heteroatoms. The lowest BCUT2D eigenvalue weighted by Gasteiger charge is -2.11. The van der Waals surface area contributed by atoms with Crippen LogP contribution >= 0.6 is 0 Å². The zero-order chi connectivity index (χ0) is 18.0. The van der Waals surface area contributed by atoms with Gasteiger partial charge in [-0.3, -0.25) is 9.59 Å². The van der Waals surface area contributed by atoms with Gasteiger partial charge in [-0.1, -0.05) is 6.07 Å². The van der Waals surface area contributed by atoms with E-state index in [9.17, 15) is 18.4 Å². The number of nitrogens with one attached hydrogen (secondary N) is 2.